The predicted molar refractivity (Wildman–Crippen MR) is 100 cm³/mol. The van der Waals surface area contributed by atoms with Crippen molar-refractivity contribution >= 4 is 17.8 Å². The molecule has 0 aliphatic heterocycles. The van der Waals surface area contributed by atoms with Gasteiger partial charge in [-0.15, -0.1) is 0 Å². The molecule has 0 saturated heterocycles. The van der Waals surface area contributed by atoms with Gasteiger partial charge < -0.3 is 15.4 Å². The lowest BCUT2D eigenvalue weighted by molar-refractivity contribution is -0.147. The normalized spacial score (nSPS) is 11.3. The van der Waals surface area contributed by atoms with Gasteiger partial charge in [0.25, 0.3) is 0 Å². The molecule has 1 atom stereocenters. The second-order valence-electron chi connectivity index (χ2n) is 5.87. The molecule has 0 fully saturated rings. The predicted octanol–water partition coefficient (Wildman–Crippen LogP) is 2.14. The third-order valence-electron chi connectivity index (χ3n) is 3.75. The standard InChI is InChI=1S/C20H28N2O4/c1-3-18(23)21-14-10-6-9-13-19(24)22-17(20(25)26-4-2)15-16-11-7-5-8-12-16/h3,5,7-8,11-12,17H,1,4,6,9-10,13-15H2,2H3,(H,21,23)(H,22,24)/t17-/m0/s1. The van der Waals surface area contributed by atoms with Gasteiger partial charge in [0.1, 0.15) is 6.04 Å². The number of unbranched alkanes of at least 4 members (excludes halogenated alkanes) is 2. The van der Waals surface area contributed by atoms with Crippen LogP contribution in [-0.2, 0) is 25.5 Å². The maximum atomic E-state index is 12.1. The number of amides is 2. The molecule has 0 spiro atoms. The summed E-state index contributed by atoms with van der Waals surface area (Å²) in [6.45, 7) is 5.96. The van der Waals surface area contributed by atoms with Gasteiger partial charge in [-0.25, -0.2) is 4.79 Å². The highest BCUT2D eigenvalue weighted by Crippen LogP contribution is 2.06. The number of carbonyl (C=O) groups excluding carboxylic acids is 3. The number of esters is 1. The van der Waals surface area contributed by atoms with Gasteiger partial charge in [-0.2, -0.15) is 0 Å². The Bertz CT molecular complexity index is 587. The minimum atomic E-state index is -0.684. The SMILES string of the molecule is C=CC(=O)NCCCCCC(=O)N[C@@H](Cc1ccccc1)C(=O)OCC. The van der Waals surface area contributed by atoms with Crippen LogP contribution < -0.4 is 10.6 Å². The summed E-state index contributed by atoms with van der Waals surface area (Å²) in [5.74, 6) is -0.785. The van der Waals surface area contributed by atoms with Crippen molar-refractivity contribution in [2.75, 3.05) is 13.2 Å². The first-order valence-electron chi connectivity index (χ1n) is 8.97. The molecule has 26 heavy (non-hydrogen) atoms. The van der Waals surface area contributed by atoms with E-state index in [0.717, 1.165) is 18.4 Å². The molecule has 0 bridgehead atoms. The highest BCUT2D eigenvalue weighted by Gasteiger charge is 2.22. The van der Waals surface area contributed by atoms with E-state index in [4.69, 9.17) is 4.74 Å². The van der Waals surface area contributed by atoms with Crippen LogP contribution in [0.4, 0.5) is 0 Å². The minimum absolute atomic E-state index is 0.172. The molecule has 0 aromatic heterocycles. The van der Waals surface area contributed by atoms with Gasteiger partial charge in [-0.1, -0.05) is 43.3 Å². The molecule has 6 heteroatoms. The zero-order valence-corrected chi connectivity index (χ0v) is 15.3. The van der Waals surface area contributed by atoms with Crippen molar-refractivity contribution in [3.8, 4) is 0 Å². The molecule has 1 aromatic carbocycles. The van der Waals surface area contributed by atoms with E-state index in [2.05, 4.69) is 17.2 Å². The van der Waals surface area contributed by atoms with Gasteiger partial charge in [0, 0.05) is 19.4 Å². The van der Waals surface area contributed by atoms with Crippen LogP contribution in [0, 0.1) is 0 Å². The lowest BCUT2D eigenvalue weighted by Crippen LogP contribution is -2.43. The first kappa shape index (κ1) is 21.4. The Morgan fingerprint density at radius 3 is 2.54 bits per heavy atom. The quantitative estimate of drug-likeness (QED) is 0.340. The van der Waals surface area contributed by atoms with Crippen LogP contribution in [-0.4, -0.2) is 37.0 Å². The fraction of sp³-hybridized carbons (Fsp3) is 0.450. The molecular formula is C20H28N2O4. The zero-order chi connectivity index (χ0) is 19.2. The maximum absolute atomic E-state index is 12.1. The molecule has 1 rings (SSSR count). The largest absolute Gasteiger partial charge is 0.464 e. The summed E-state index contributed by atoms with van der Waals surface area (Å²) in [4.78, 5) is 35.2. The van der Waals surface area contributed by atoms with Crippen LogP contribution in [0.15, 0.2) is 43.0 Å². The number of hydrogen-bond acceptors (Lipinski definition) is 4. The Balaban J connectivity index is 2.38. The van der Waals surface area contributed by atoms with E-state index in [1.165, 1.54) is 6.08 Å². The Labute approximate surface area is 155 Å². The summed E-state index contributed by atoms with van der Waals surface area (Å²) in [7, 11) is 0. The summed E-state index contributed by atoms with van der Waals surface area (Å²) in [6.07, 6.45) is 4.26. The van der Waals surface area contributed by atoms with Crippen molar-refractivity contribution in [1.29, 1.82) is 0 Å². The van der Waals surface area contributed by atoms with Crippen molar-refractivity contribution in [3.63, 3.8) is 0 Å². The van der Waals surface area contributed by atoms with Gasteiger partial charge in [-0.05, 0) is 31.4 Å². The van der Waals surface area contributed by atoms with Gasteiger partial charge in [-0.3, -0.25) is 9.59 Å². The second kappa shape index (κ2) is 12.7. The summed E-state index contributed by atoms with van der Waals surface area (Å²) in [5.41, 5.74) is 0.962. The number of nitrogens with one attached hydrogen (secondary N) is 2. The number of benzene rings is 1. The van der Waals surface area contributed by atoms with Gasteiger partial charge >= 0.3 is 5.97 Å². The molecule has 6 nitrogen and oxygen atoms in total. The van der Waals surface area contributed by atoms with Crippen molar-refractivity contribution < 1.29 is 19.1 Å². The third kappa shape index (κ3) is 9.01. The first-order valence-corrected chi connectivity index (χ1v) is 8.97. The summed E-state index contributed by atoms with van der Waals surface area (Å²) in [5, 5.41) is 5.46. The molecule has 0 heterocycles. The molecule has 0 radical (unpaired) electrons. The van der Waals surface area contributed by atoms with E-state index < -0.39 is 12.0 Å². The van der Waals surface area contributed by atoms with Crippen molar-refractivity contribution in [1.82, 2.24) is 10.6 Å². The van der Waals surface area contributed by atoms with Crippen LogP contribution in [0.1, 0.15) is 38.2 Å². The molecule has 0 aliphatic carbocycles. The van der Waals surface area contributed by atoms with Crippen LogP contribution in [0.3, 0.4) is 0 Å². The number of carbonyl (C=O) groups is 3. The number of ether oxygens (including phenoxy) is 1. The third-order valence-corrected chi connectivity index (χ3v) is 3.75. The monoisotopic (exact) mass is 360 g/mol. The zero-order valence-electron chi connectivity index (χ0n) is 15.3. The van der Waals surface area contributed by atoms with Crippen LogP contribution in [0.2, 0.25) is 0 Å². The van der Waals surface area contributed by atoms with Gasteiger partial charge in [0.15, 0.2) is 0 Å². The molecule has 0 aliphatic rings. The summed E-state index contributed by atoms with van der Waals surface area (Å²) in [6, 6.07) is 8.83. The van der Waals surface area contributed by atoms with Gasteiger partial charge in [0.05, 0.1) is 6.61 Å². The van der Waals surface area contributed by atoms with E-state index in [-0.39, 0.29) is 18.4 Å². The summed E-state index contributed by atoms with van der Waals surface area (Å²) < 4.78 is 5.07. The second-order valence-corrected chi connectivity index (χ2v) is 5.87. The Morgan fingerprint density at radius 1 is 1.15 bits per heavy atom. The van der Waals surface area contributed by atoms with Crippen molar-refractivity contribution in [2.45, 2.75) is 45.1 Å². The molecule has 1 aromatic rings. The first-order chi connectivity index (χ1) is 12.6. The Hall–Kier alpha value is -2.63. The van der Waals surface area contributed by atoms with Crippen molar-refractivity contribution in [3.05, 3.63) is 48.6 Å². The number of rotatable bonds is 12. The van der Waals surface area contributed by atoms with E-state index >= 15 is 0 Å². The fourth-order valence-electron chi connectivity index (χ4n) is 2.42. The molecule has 2 amide bonds. The lowest BCUT2D eigenvalue weighted by atomic mass is 10.1. The maximum Gasteiger partial charge on any atom is 0.328 e. The van der Waals surface area contributed by atoms with E-state index in [9.17, 15) is 14.4 Å². The van der Waals surface area contributed by atoms with Crippen LogP contribution >= 0.6 is 0 Å². The fourth-order valence-corrected chi connectivity index (χ4v) is 2.42. The number of hydrogen-bond donors (Lipinski definition) is 2. The van der Waals surface area contributed by atoms with Crippen LogP contribution in [0.25, 0.3) is 0 Å². The van der Waals surface area contributed by atoms with E-state index in [1.54, 1.807) is 6.92 Å². The molecule has 0 unspecified atom stereocenters. The minimum Gasteiger partial charge on any atom is -0.464 e. The smallest absolute Gasteiger partial charge is 0.328 e. The van der Waals surface area contributed by atoms with Crippen molar-refractivity contribution in [2.24, 2.45) is 0 Å². The summed E-state index contributed by atoms with van der Waals surface area (Å²) >= 11 is 0. The van der Waals surface area contributed by atoms with E-state index in [0.29, 0.717) is 25.8 Å². The molecule has 142 valence electrons. The molecule has 2 N–H and O–H groups in total. The van der Waals surface area contributed by atoms with Crippen LogP contribution in [0.5, 0.6) is 0 Å². The highest BCUT2D eigenvalue weighted by molar-refractivity contribution is 5.86. The molecular weight excluding hydrogens is 332 g/mol. The lowest BCUT2D eigenvalue weighted by Gasteiger charge is -2.17. The molecule has 0 saturated carbocycles. The average molecular weight is 360 g/mol. The Kier molecular flexibility index (Phi) is 10.5. The van der Waals surface area contributed by atoms with E-state index in [1.807, 2.05) is 30.3 Å². The Morgan fingerprint density at radius 2 is 1.88 bits per heavy atom. The highest BCUT2D eigenvalue weighted by atomic mass is 16.5. The average Bonchev–Trinajstić information content (AvgIpc) is 2.64. The van der Waals surface area contributed by atoms with Gasteiger partial charge in [0.2, 0.25) is 11.8 Å². The topological polar surface area (TPSA) is 84.5 Å².